The molecule has 0 fully saturated rings. The van der Waals surface area contributed by atoms with Crippen LogP contribution in [0.25, 0.3) is 0 Å². The number of ether oxygens (including phenoxy) is 1. The van der Waals surface area contributed by atoms with E-state index in [1.54, 1.807) is 0 Å². The molecule has 118 valence electrons. The summed E-state index contributed by atoms with van der Waals surface area (Å²) in [5.74, 6) is 0.931. The van der Waals surface area contributed by atoms with Gasteiger partial charge in [0, 0.05) is 24.5 Å². The van der Waals surface area contributed by atoms with Crippen LogP contribution in [0.15, 0.2) is 42.5 Å². The van der Waals surface area contributed by atoms with Crippen LogP contribution >= 0.6 is 0 Å². The second-order valence-electron chi connectivity index (χ2n) is 5.54. The summed E-state index contributed by atoms with van der Waals surface area (Å²) >= 11 is 0. The maximum atomic E-state index is 5.58. The fraction of sp³-hybridized carbons (Fsp3) is 0.368. The summed E-state index contributed by atoms with van der Waals surface area (Å²) < 4.78 is 5.58. The van der Waals surface area contributed by atoms with Gasteiger partial charge in [0.25, 0.3) is 0 Å². The highest BCUT2D eigenvalue weighted by Crippen LogP contribution is 2.17. The van der Waals surface area contributed by atoms with E-state index in [9.17, 15) is 0 Å². The van der Waals surface area contributed by atoms with Gasteiger partial charge in [0.2, 0.25) is 0 Å². The Morgan fingerprint density at radius 2 is 1.64 bits per heavy atom. The average Bonchev–Trinajstić information content (AvgIpc) is 2.54. The molecule has 0 spiro atoms. The molecular weight excluding hydrogens is 272 g/mol. The van der Waals surface area contributed by atoms with Crippen molar-refractivity contribution in [3.8, 4) is 5.75 Å². The minimum Gasteiger partial charge on any atom is -0.494 e. The molecule has 0 unspecified atom stereocenters. The maximum Gasteiger partial charge on any atom is 0.119 e. The van der Waals surface area contributed by atoms with E-state index in [0.717, 1.165) is 37.6 Å². The van der Waals surface area contributed by atoms with Gasteiger partial charge in [0.05, 0.1) is 6.61 Å². The molecule has 3 heteroatoms. The van der Waals surface area contributed by atoms with Crippen LogP contribution < -0.4 is 15.4 Å². The summed E-state index contributed by atoms with van der Waals surface area (Å²) in [6.45, 7) is 8.89. The number of hydrogen-bond acceptors (Lipinski definition) is 3. The lowest BCUT2D eigenvalue weighted by atomic mass is 10.1. The number of nitrogens with one attached hydrogen (secondary N) is 2. The van der Waals surface area contributed by atoms with Gasteiger partial charge in [-0.1, -0.05) is 19.1 Å². The van der Waals surface area contributed by atoms with E-state index in [0.29, 0.717) is 0 Å². The van der Waals surface area contributed by atoms with Gasteiger partial charge in [-0.05, 0) is 61.7 Å². The Balaban J connectivity index is 1.75. The highest BCUT2D eigenvalue weighted by atomic mass is 16.5. The summed E-state index contributed by atoms with van der Waals surface area (Å²) in [4.78, 5) is 0. The molecule has 0 amide bonds. The first kappa shape index (κ1) is 16.2. The summed E-state index contributed by atoms with van der Waals surface area (Å²) in [7, 11) is 0. The molecule has 2 aromatic rings. The van der Waals surface area contributed by atoms with Crippen LogP contribution in [0.1, 0.15) is 24.5 Å². The van der Waals surface area contributed by atoms with Crippen LogP contribution in [-0.4, -0.2) is 19.7 Å². The van der Waals surface area contributed by atoms with Crippen LogP contribution in [-0.2, 0) is 0 Å². The predicted octanol–water partition coefficient (Wildman–Crippen LogP) is 4.62. The Kier molecular flexibility index (Phi) is 6.13. The first-order chi connectivity index (χ1) is 10.7. The van der Waals surface area contributed by atoms with E-state index in [1.165, 1.54) is 16.8 Å². The Hall–Kier alpha value is -2.16. The molecule has 2 rings (SSSR count). The molecule has 0 heterocycles. The molecule has 0 saturated carbocycles. The lowest BCUT2D eigenvalue weighted by Crippen LogP contribution is -2.14. The van der Waals surface area contributed by atoms with Crippen molar-refractivity contribution in [1.82, 2.24) is 0 Å². The van der Waals surface area contributed by atoms with Crippen molar-refractivity contribution in [2.24, 2.45) is 0 Å². The van der Waals surface area contributed by atoms with Crippen LogP contribution in [0, 0.1) is 13.8 Å². The second kappa shape index (κ2) is 8.32. The zero-order valence-corrected chi connectivity index (χ0v) is 13.8. The van der Waals surface area contributed by atoms with Crippen molar-refractivity contribution in [2.45, 2.75) is 27.2 Å². The van der Waals surface area contributed by atoms with E-state index in [2.05, 4.69) is 61.7 Å². The third-order valence-electron chi connectivity index (χ3n) is 3.49. The van der Waals surface area contributed by atoms with Gasteiger partial charge in [0.15, 0.2) is 0 Å². The molecule has 2 aromatic carbocycles. The highest BCUT2D eigenvalue weighted by Gasteiger charge is 1.98. The molecule has 0 aliphatic carbocycles. The molecule has 22 heavy (non-hydrogen) atoms. The normalized spacial score (nSPS) is 10.3. The third-order valence-corrected chi connectivity index (χ3v) is 3.49. The predicted molar refractivity (Wildman–Crippen MR) is 95.1 cm³/mol. The summed E-state index contributed by atoms with van der Waals surface area (Å²) in [6, 6.07) is 14.6. The van der Waals surface area contributed by atoms with Crippen LogP contribution in [0.2, 0.25) is 0 Å². The van der Waals surface area contributed by atoms with Gasteiger partial charge in [-0.25, -0.2) is 0 Å². The topological polar surface area (TPSA) is 33.3 Å². The fourth-order valence-corrected chi connectivity index (χ4v) is 2.22. The van der Waals surface area contributed by atoms with E-state index in [4.69, 9.17) is 4.74 Å². The fourth-order valence-electron chi connectivity index (χ4n) is 2.22. The first-order valence-corrected chi connectivity index (χ1v) is 7.97. The van der Waals surface area contributed by atoms with Crippen LogP contribution in [0.4, 0.5) is 11.4 Å². The highest BCUT2D eigenvalue weighted by molar-refractivity contribution is 5.53. The minimum absolute atomic E-state index is 0.770. The van der Waals surface area contributed by atoms with Gasteiger partial charge in [-0.3, -0.25) is 0 Å². The van der Waals surface area contributed by atoms with Gasteiger partial charge >= 0.3 is 0 Å². The Morgan fingerprint density at radius 3 is 2.36 bits per heavy atom. The Morgan fingerprint density at radius 1 is 0.909 bits per heavy atom. The molecule has 0 atom stereocenters. The van der Waals surface area contributed by atoms with E-state index < -0.39 is 0 Å². The standard InChI is InChI=1S/C19H26N2O/c1-4-13-22-18-9-7-17(8-10-18)20-11-12-21-19-14-15(2)5-6-16(19)3/h5-10,14,20-21H,4,11-13H2,1-3H3. The molecule has 0 saturated heterocycles. The molecule has 0 bridgehead atoms. The average molecular weight is 298 g/mol. The van der Waals surface area contributed by atoms with Crippen molar-refractivity contribution in [1.29, 1.82) is 0 Å². The molecule has 0 aliphatic rings. The summed E-state index contributed by atoms with van der Waals surface area (Å²) in [5.41, 5.74) is 4.89. The SMILES string of the molecule is CCCOc1ccc(NCCNc2cc(C)ccc2C)cc1. The molecular formula is C19H26N2O. The number of aryl methyl sites for hydroxylation is 2. The van der Waals surface area contributed by atoms with Crippen molar-refractivity contribution < 1.29 is 4.74 Å². The zero-order chi connectivity index (χ0) is 15.8. The van der Waals surface area contributed by atoms with E-state index in [1.807, 2.05) is 12.1 Å². The van der Waals surface area contributed by atoms with Gasteiger partial charge < -0.3 is 15.4 Å². The molecule has 0 radical (unpaired) electrons. The Labute approximate surface area is 133 Å². The number of rotatable bonds is 8. The van der Waals surface area contributed by atoms with E-state index >= 15 is 0 Å². The van der Waals surface area contributed by atoms with Crippen LogP contribution in [0.5, 0.6) is 5.75 Å². The Bertz CT molecular complexity index is 578. The van der Waals surface area contributed by atoms with Crippen molar-refractivity contribution in [3.05, 3.63) is 53.6 Å². The monoisotopic (exact) mass is 298 g/mol. The molecule has 3 nitrogen and oxygen atoms in total. The van der Waals surface area contributed by atoms with Crippen molar-refractivity contribution in [3.63, 3.8) is 0 Å². The van der Waals surface area contributed by atoms with Gasteiger partial charge in [0.1, 0.15) is 5.75 Å². The third kappa shape index (κ3) is 4.99. The molecule has 0 aliphatic heterocycles. The van der Waals surface area contributed by atoms with Gasteiger partial charge in [-0.2, -0.15) is 0 Å². The largest absolute Gasteiger partial charge is 0.494 e. The second-order valence-corrected chi connectivity index (χ2v) is 5.54. The minimum atomic E-state index is 0.770. The van der Waals surface area contributed by atoms with E-state index in [-0.39, 0.29) is 0 Å². The van der Waals surface area contributed by atoms with Gasteiger partial charge in [-0.15, -0.1) is 0 Å². The lowest BCUT2D eigenvalue weighted by molar-refractivity contribution is 0.317. The quantitative estimate of drug-likeness (QED) is 0.698. The lowest BCUT2D eigenvalue weighted by Gasteiger charge is -2.12. The molecule has 0 aromatic heterocycles. The van der Waals surface area contributed by atoms with Crippen molar-refractivity contribution in [2.75, 3.05) is 30.3 Å². The van der Waals surface area contributed by atoms with Crippen molar-refractivity contribution >= 4 is 11.4 Å². The summed E-state index contributed by atoms with van der Waals surface area (Å²) in [6.07, 6.45) is 1.03. The first-order valence-electron chi connectivity index (χ1n) is 7.97. The number of hydrogen-bond donors (Lipinski definition) is 2. The molecule has 2 N–H and O–H groups in total. The maximum absolute atomic E-state index is 5.58. The zero-order valence-electron chi connectivity index (χ0n) is 13.8. The van der Waals surface area contributed by atoms with Crippen LogP contribution in [0.3, 0.4) is 0 Å². The number of benzene rings is 2. The number of anilines is 2. The summed E-state index contributed by atoms with van der Waals surface area (Å²) in [5, 5.41) is 6.89. The smallest absolute Gasteiger partial charge is 0.119 e.